The summed E-state index contributed by atoms with van der Waals surface area (Å²) in [4.78, 5) is 116. The Bertz CT molecular complexity index is 3010. The van der Waals surface area contributed by atoms with Gasteiger partial charge in [-0.25, -0.2) is 9.59 Å². The summed E-state index contributed by atoms with van der Waals surface area (Å²) >= 11 is 1.17. The second kappa shape index (κ2) is 21.0. The zero-order valence-corrected chi connectivity index (χ0v) is 39.4. The highest BCUT2D eigenvalue weighted by Crippen LogP contribution is 2.58. The van der Waals surface area contributed by atoms with Gasteiger partial charge in [-0.2, -0.15) is 18.5 Å². The Morgan fingerprint density at radius 1 is 0.957 bits per heavy atom. The van der Waals surface area contributed by atoms with Crippen molar-refractivity contribution in [1.29, 1.82) is 0 Å². The number of aromatic amines is 1. The van der Waals surface area contributed by atoms with E-state index < -0.39 is 66.8 Å². The van der Waals surface area contributed by atoms with E-state index in [0.717, 1.165) is 4.57 Å². The number of carboxylic acid groups (broad SMARTS) is 1. The monoisotopic (exact) mass is 1010 g/mol. The van der Waals surface area contributed by atoms with Crippen molar-refractivity contribution >= 4 is 60.5 Å². The molecule has 3 aromatic rings. The summed E-state index contributed by atoms with van der Waals surface area (Å²) in [6.07, 6.45) is 0.261. The van der Waals surface area contributed by atoms with E-state index in [2.05, 4.69) is 15.8 Å². The van der Waals surface area contributed by atoms with Gasteiger partial charge in [0.25, 0.3) is 11.5 Å². The number of nitrogens with zero attached hydrogens (tertiary/aromatic N) is 2. The van der Waals surface area contributed by atoms with Crippen molar-refractivity contribution in [2.45, 2.75) is 69.1 Å². The summed E-state index contributed by atoms with van der Waals surface area (Å²) in [5.41, 5.74) is 4.45. The number of aromatic nitrogens is 2. The van der Waals surface area contributed by atoms with Crippen LogP contribution in [0.5, 0.6) is 5.75 Å². The van der Waals surface area contributed by atoms with E-state index in [4.69, 9.17) is 22.7 Å². The molecule has 5 aliphatic rings. The van der Waals surface area contributed by atoms with Gasteiger partial charge in [0.1, 0.15) is 42.6 Å². The molecule has 0 radical (unpaired) electrons. The molecule has 4 heterocycles. The van der Waals surface area contributed by atoms with E-state index in [1.165, 1.54) is 91.5 Å². The maximum atomic E-state index is 13.4. The number of carbonyl (C=O) groups is 5. The third kappa shape index (κ3) is 10.9. The number of carboxylic acids is 1. The van der Waals surface area contributed by atoms with Crippen molar-refractivity contribution in [3.8, 4) is 28.2 Å². The fourth-order valence-electron chi connectivity index (χ4n) is 8.85. The van der Waals surface area contributed by atoms with Crippen LogP contribution in [0.3, 0.4) is 0 Å². The number of phenols is 1. The minimum atomic E-state index is -3.91. The summed E-state index contributed by atoms with van der Waals surface area (Å²) in [5, 5.41) is 30.6. The van der Waals surface area contributed by atoms with E-state index in [9.17, 15) is 58.6 Å². The third-order valence-electron chi connectivity index (χ3n) is 12.6. The first kappa shape index (κ1) is 50.1. The van der Waals surface area contributed by atoms with Crippen molar-refractivity contribution in [3.05, 3.63) is 109 Å². The fourth-order valence-corrected chi connectivity index (χ4v) is 10.9. The number of phenolic OH excluding ortho intramolecular Hbond substituents is 1. The predicted octanol–water partition coefficient (Wildman–Crippen LogP) is 3.25. The van der Waals surface area contributed by atoms with Crippen LogP contribution in [-0.4, -0.2) is 114 Å². The zero-order chi connectivity index (χ0) is 50.0. The number of thioether (sulfide) groups is 1. The van der Waals surface area contributed by atoms with Gasteiger partial charge in [-0.05, 0) is 86.6 Å². The number of hydrogen-bond acceptors (Lipinski definition) is 17. The van der Waals surface area contributed by atoms with Gasteiger partial charge in [0.2, 0.25) is 17.7 Å². The van der Waals surface area contributed by atoms with Crippen LogP contribution in [0.4, 0.5) is 0 Å². The van der Waals surface area contributed by atoms with Gasteiger partial charge in [-0.15, -0.1) is 11.8 Å². The number of carbonyl (C=O) groups excluding carboxylic acids is 4. The number of amides is 4. The largest absolute Gasteiger partial charge is 0.572 e. The normalized spacial score (nSPS) is 22.4. The summed E-state index contributed by atoms with van der Waals surface area (Å²) in [6.45, 7) is 1.23. The van der Waals surface area contributed by atoms with Crippen molar-refractivity contribution in [3.63, 3.8) is 0 Å². The first-order valence-electron chi connectivity index (χ1n) is 22.2. The van der Waals surface area contributed by atoms with Gasteiger partial charge in [0, 0.05) is 77.0 Å². The van der Waals surface area contributed by atoms with E-state index in [1.54, 1.807) is 0 Å². The topological polar surface area (TPSA) is 316 Å². The lowest BCUT2D eigenvalue weighted by molar-refractivity contribution is -0.139. The average Bonchev–Trinajstić information content (AvgIpc) is 3.84. The standard InChI is InChI=1S/C46H48N5O17PS/c1-23-20-51(46(62)47-41(23)56)39-18-33(54)36(68-39)22-66-69(63,64-2)65-13-14-70-37-19-38(55)50(44(37)59)21-24-3-5-25(6-4-24)42(57)48-49-43(58)26-7-10-29(45(60)61)32(15-26)40-30-11-8-27(52)16-34(30)67-35-17-28(53)9-12-31(35)40/h7-12,15-17,20,24-25,33,36-37,39,54,63H,3-6,13-14,18-19,21-22H2,1-2H3,(H4-,47,48,49,52,53,56,57,58,60,61,62)/p+1/t24?,25?,33?,36-,37?,39-,69?/m1/s1. The second-order valence-corrected chi connectivity index (χ2v) is 20.3. The molecule has 22 nitrogen and oxygen atoms in total. The smallest absolute Gasteiger partial charge is 0.508 e. The van der Waals surface area contributed by atoms with E-state index in [-0.39, 0.29) is 101 Å². The molecule has 1 aromatic heterocycles. The summed E-state index contributed by atoms with van der Waals surface area (Å²) < 4.78 is 28.9. The SMILES string of the molecule is CO[P+](O)(OCCSC1CC(=O)N(CC2CCC(C(=O)NNC(=O)c3ccc(C(=O)O)c(-c4c5ccc(=O)cc-5oc5cc(O)ccc45)c3)CC2)C1=O)OC[C@H]1O[C@@H](n2cc(C)c(=O)[nH]c2=O)CC1O. The highest BCUT2D eigenvalue weighted by molar-refractivity contribution is 8.00. The molecule has 0 bridgehead atoms. The van der Waals surface area contributed by atoms with Crippen molar-refractivity contribution < 1.29 is 66.9 Å². The molecule has 4 amide bonds. The molecule has 3 aliphatic heterocycles. The van der Waals surface area contributed by atoms with Gasteiger partial charge in [-0.1, -0.05) is 0 Å². The predicted molar refractivity (Wildman–Crippen MR) is 250 cm³/mol. The number of rotatable bonds is 16. The van der Waals surface area contributed by atoms with Crippen LogP contribution in [0.1, 0.15) is 71.0 Å². The molecular weight excluding hydrogens is 958 g/mol. The third-order valence-corrected chi connectivity index (χ3v) is 15.2. The number of fused-ring (bicyclic) bond motifs is 2. The van der Waals surface area contributed by atoms with Crippen LogP contribution >= 0.6 is 19.9 Å². The van der Waals surface area contributed by atoms with Crippen molar-refractivity contribution in [2.24, 2.45) is 11.8 Å². The Balaban J connectivity index is 0.790. The highest BCUT2D eigenvalue weighted by Gasteiger charge is 2.47. The Morgan fingerprint density at radius 3 is 2.47 bits per heavy atom. The molecular formula is C46H49N5O17PS+. The first-order valence-corrected chi connectivity index (χ1v) is 24.7. The fraction of sp³-hybridized carbons (Fsp3) is 0.391. The molecule has 0 spiro atoms. The van der Waals surface area contributed by atoms with Gasteiger partial charge in [-0.3, -0.25) is 54.1 Å². The molecule has 2 saturated heterocycles. The van der Waals surface area contributed by atoms with E-state index in [1.807, 2.05) is 0 Å². The minimum Gasteiger partial charge on any atom is -0.508 e. The molecule has 3 unspecified atom stereocenters. The van der Waals surface area contributed by atoms with Crippen LogP contribution in [0, 0.1) is 18.8 Å². The van der Waals surface area contributed by atoms with Gasteiger partial charge in [0.05, 0.1) is 24.0 Å². The number of hydrazine groups is 1. The lowest BCUT2D eigenvalue weighted by Gasteiger charge is -2.30. The molecule has 1 saturated carbocycles. The van der Waals surface area contributed by atoms with Gasteiger partial charge in [0.15, 0.2) is 5.43 Å². The van der Waals surface area contributed by atoms with Gasteiger partial charge >= 0.3 is 19.8 Å². The number of aliphatic hydroxyl groups excluding tert-OH is 1. The number of imide groups is 1. The first-order chi connectivity index (χ1) is 33.4. The average molecular weight is 1010 g/mol. The van der Waals surface area contributed by atoms with Crippen LogP contribution in [0.2, 0.25) is 0 Å². The van der Waals surface area contributed by atoms with E-state index in [0.29, 0.717) is 42.2 Å². The van der Waals surface area contributed by atoms with Crippen LogP contribution in [0.15, 0.2) is 79.6 Å². The maximum absolute atomic E-state index is 13.4. The van der Waals surface area contributed by atoms with E-state index >= 15 is 0 Å². The quantitative estimate of drug-likeness (QED) is 0.0245. The Labute approximate surface area is 401 Å². The number of ether oxygens (including phenoxy) is 1. The second-order valence-electron chi connectivity index (χ2n) is 17.1. The zero-order valence-electron chi connectivity index (χ0n) is 37.7. The Kier molecular flexibility index (Phi) is 15.0. The van der Waals surface area contributed by atoms with Crippen molar-refractivity contribution in [2.75, 3.05) is 32.6 Å². The number of likely N-dealkylation sites (tertiary alicyclic amines) is 1. The van der Waals surface area contributed by atoms with Crippen molar-refractivity contribution in [1.82, 2.24) is 25.3 Å². The minimum absolute atomic E-state index is 0.0126. The number of hydrogen-bond donors (Lipinski definition) is 7. The van der Waals surface area contributed by atoms with Crippen LogP contribution in [0.25, 0.3) is 33.4 Å². The lowest BCUT2D eigenvalue weighted by atomic mass is 9.81. The molecule has 7 N–H and O–H groups in total. The molecule has 8 rings (SSSR count). The number of aromatic carboxylic acids is 1. The summed E-state index contributed by atoms with van der Waals surface area (Å²) in [7, 11) is -2.73. The number of aliphatic hydroxyl groups is 1. The summed E-state index contributed by atoms with van der Waals surface area (Å²) in [6, 6.07) is 12.2. The molecule has 5 atom stereocenters. The molecule has 24 heteroatoms. The molecule has 2 aromatic carbocycles. The summed E-state index contributed by atoms with van der Waals surface area (Å²) in [5.74, 6) is -3.50. The maximum Gasteiger partial charge on any atom is 0.572 e. The Morgan fingerprint density at radius 2 is 1.73 bits per heavy atom. The van der Waals surface area contributed by atoms with Gasteiger partial charge < -0.3 is 24.5 Å². The highest BCUT2D eigenvalue weighted by atomic mass is 32.2. The number of aryl methyl sites for hydroxylation is 1. The Hall–Kier alpha value is -6.30. The molecule has 2 aliphatic carbocycles. The molecule has 3 fully saturated rings. The molecule has 70 heavy (non-hydrogen) atoms. The van der Waals surface area contributed by atoms with Crippen LogP contribution < -0.4 is 27.5 Å². The molecule has 370 valence electrons. The number of nitrogens with one attached hydrogen (secondary N) is 3. The number of aromatic hydroxyl groups is 1. The lowest BCUT2D eigenvalue weighted by Crippen LogP contribution is -2.45. The number of benzene rings is 3. The number of H-pyrrole nitrogens is 1. The van der Waals surface area contributed by atoms with Crippen LogP contribution in [-0.2, 0) is 32.7 Å².